The summed E-state index contributed by atoms with van der Waals surface area (Å²) in [4.78, 5) is 11.1. The Morgan fingerprint density at radius 3 is 2.43 bits per heavy atom. The van der Waals surface area contributed by atoms with Crippen molar-refractivity contribution in [1.29, 1.82) is 0 Å². The minimum atomic E-state index is -4.70. The van der Waals surface area contributed by atoms with Gasteiger partial charge in [-0.05, 0) is 41.3 Å². The Kier molecular flexibility index (Phi) is 5.31. The maximum Gasteiger partial charge on any atom is 0.396 e. The fourth-order valence-electron chi connectivity index (χ4n) is 3.02. The molecule has 0 spiro atoms. The molecule has 2 aromatic rings. The number of aliphatic carboxylic acids is 1. The topological polar surface area (TPSA) is 83.5 Å². The van der Waals surface area contributed by atoms with Gasteiger partial charge in [-0.25, -0.2) is 17.9 Å². The van der Waals surface area contributed by atoms with Crippen LogP contribution in [0.3, 0.4) is 0 Å². The van der Waals surface area contributed by atoms with Crippen molar-refractivity contribution in [2.24, 2.45) is 5.92 Å². The number of hydrogen-bond acceptors (Lipinski definition) is 3. The van der Waals surface area contributed by atoms with Gasteiger partial charge in [0, 0.05) is 6.54 Å². The molecule has 2 N–H and O–H groups in total. The summed E-state index contributed by atoms with van der Waals surface area (Å²) in [6, 6.07) is 12.5. The van der Waals surface area contributed by atoms with Gasteiger partial charge in [0.25, 0.3) is 0 Å². The van der Waals surface area contributed by atoms with Gasteiger partial charge in [-0.15, -0.1) is 0 Å². The third-order valence-corrected chi connectivity index (χ3v) is 5.89. The number of fused-ring (bicyclic) bond motifs is 1. The second-order valence-electron chi connectivity index (χ2n) is 6.37. The quantitative estimate of drug-likeness (QED) is 0.790. The van der Waals surface area contributed by atoms with Crippen LogP contribution in [0.5, 0.6) is 0 Å². The van der Waals surface area contributed by atoms with Crippen molar-refractivity contribution in [2.75, 3.05) is 0 Å². The Bertz CT molecular complexity index is 1030. The molecule has 9 heteroatoms. The van der Waals surface area contributed by atoms with Crippen LogP contribution in [-0.4, -0.2) is 25.7 Å². The van der Waals surface area contributed by atoms with E-state index in [-0.39, 0.29) is 22.6 Å². The third-order valence-electron chi connectivity index (χ3n) is 4.49. The minimum Gasteiger partial charge on any atom is -0.478 e. The van der Waals surface area contributed by atoms with Crippen molar-refractivity contribution >= 4 is 22.1 Å². The molecule has 5 nitrogen and oxygen atoms in total. The number of hydrogen-bond donors (Lipinski definition) is 2. The standard InChI is InChI=1S/C19H16F3NO4S/c20-19(21,22)17-10-13-6-7-15(8-14(13)9-16(17)18(24)25)28(26,27)23-11-12-4-2-1-3-5-12/h1-9,17,23H,10-11H2,(H,24,25). The highest BCUT2D eigenvalue weighted by Crippen LogP contribution is 2.40. The zero-order valence-electron chi connectivity index (χ0n) is 14.4. The van der Waals surface area contributed by atoms with Gasteiger partial charge in [0.1, 0.15) is 0 Å². The Labute approximate surface area is 159 Å². The molecule has 1 aliphatic rings. The predicted molar refractivity (Wildman–Crippen MR) is 95.8 cm³/mol. The summed E-state index contributed by atoms with van der Waals surface area (Å²) in [5, 5.41) is 9.14. The van der Waals surface area contributed by atoms with E-state index in [0.717, 1.165) is 11.6 Å². The van der Waals surface area contributed by atoms with Crippen molar-refractivity contribution in [2.45, 2.75) is 24.0 Å². The molecule has 28 heavy (non-hydrogen) atoms. The summed E-state index contributed by atoms with van der Waals surface area (Å²) in [6.07, 6.45) is -4.35. The first-order valence-electron chi connectivity index (χ1n) is 8.26. The normalized spacial score (nSPS) is 17.0. The predicted octanol–water partition coefficient (Wildman–Crippen LogP) is 3.37. The number of carboxylic acids is 1. The first kappa shape index (κ1) is 20.1. The molecule has 2 aromatic carbocycles. The van der Waals surface area contributed by atoms with Crippen LogP contribution in [0.25, 0.3) is 6.08 Å². The summed E-state index contributed by atoms with van der Waals surface area (Å²) in [6.45, 7) is 0.0482. The van der Waals surface area contributed by atoms with Crippen LogP contribution in [-0.2, 0) is 27.8 Å². The molecule has 1 atom stereocenters. The average molecular weight is 411 g/mol. The molecule has 0 aliphatic heterocycles. The molecule has 0 heterocycles. The van der Waals surface area contributed by atoms with E-state index in [9.17, 15) is 26.4 Å². The van der Waals surface area contributed by atoms with Gasteiger partial charge in [0.15, 0.2) is 0 Å². The van der Waals surface area contributed by atoms with Gasteiger partial charge in [-0.2, -0.15) is 13.2 Å². The lowest BCUT2D eigenvalue weighted by Gasteiger charge is -2.26. The highest BCUT2D eigenvalue weighted by molar-refractivity contribution is 7.89. The average Bonchev–Trinajstić information content (AvgIpc) is 2.65. The van der Waals surface area contributed by atoms with Gasteiger partial charge in [0.05, 0.1) is 16.4 Å². The van der Waals surface area contributed by atoms with Gasteiger partial charge in [-0.1, -0.05) is 36.4 Å². The Morgan fingerprint density at radius 2 is 1.82 bits per heavy atom. The Hall–Kier alpha value is -2.65. The number of halogens is 3. The van der Waals surface area contributed by atoms with E-state index in [2.05, 4.69) is 4.72 Å². The third kappa shape index (κ3) is 4.26. The van der Waals surface area contributed by atoms with Crippen molar-refractivity contribution < 1.29 is 31.5 Å². The number of sulfonamides is 1. The van der Waals surface area contributed by atoms with Crippen LogP contribution < -0.4 is 4.72 Å². The number of carboxylic acid groups (broad SMARTS) is 1. The summed E-state index contributed by atoms with van der Waals surface area (Å²) in [5.74, 6) is -3.81. The summed E-state index contributed by atoms with van der Waals surface area (Å²) < 4.78 is 66.9. The van der Waals surface area contributed by atoms with E-state index in [1.54, 1.807) is 30.3 Å². The van der Waals surface area contributed by atoms with Crippen LogP contribution in [0.4, 0.5) is 13.2 Å². The fourth-order valence-corrected chi connectivity index (χ4v) is 4.07. The van der Waals surface area contributed by atoms with Crippen LogP contribution in [0.15, 0.2) is 59.0 Å². The van der Waals surface area contributed by atoms with Crippen LogP contribution >= 0.6 is 0 Å². The number of alkyl halides is 3. The smallest absolute Gasteiger partial charge is 0.396 e. The highest BCUT2D eigenvalue weighted by atomic mass is 32.2. The molecule has 1 aliphatic carbocycles. The van der Waals surface area contributed by atoms with Gasteiger partial charge in [-0.3, -0.25) is 0 Å². The molecule has 148 valence electrons. The Morgan fingerprint density at radius 1 is 1.14 bits per heavy atom. The molecule has 0 bridgehead atoms. The molecule has 0 radical (unpaired) electrons. The number of carbonyl (C=O) groups is 1. The summed E-state index contributed by atoms with van der Waals surface area (Å²) in [5.41, 5.74) is 0.340. The molecule has 3 rings (SSSR count). The van der Waals surface area contributed by atoms with E-state index >= 15 is 0 Å². The number of rotatable bonds is 5. The van der Waals surface area contributed by atoms with Gasteiger partial charge in [0.2, 0.25) is 10.0 Å². The second kappa shape index (κ2) is 7.40. The zero-order chi connectivity index (χ0) is 20.5. The first-order chi connectivity index (χ1) is 13.1. The van der Waals surface area contributed by atoms with E-state index in [0.29, 0.717) is 0 Å². The molecule has 1 unspecified atom stereocenters. The maximum absolute atomic E-state index is 13.2. The first-order valence-corrected chi connectivity index (χ1v) is 9.74. The van der Waals surface area contributed by atoms with Gasteiger partial charge >= 0.3 is 12.1 Å². The lowest BCUT2D eigenvalue weighted by molar-refractivity contribution is -0.169. The van der Waals surface area contributed by atoms with Gasteiger partial charge < -0.3 is 5.11 Å². The maximum atomic E-state index is 13.2. The lowest BCUT2D eigenvalue weighted by atomic mass is 9.83. The van der Waals surface area contributed by atoms with Crippen molar-refractivity contribution in [1.82, 2.24) is 4.72 Å². The SMILES string of the molecule is O=C(O)C1=Cc2cc(S(=O)(=O)NCc3ccccc3)ccc2CC1C(F)(F)F. The van der Waals surface area contributed by atoms with Crippen molar-refractivity contribution in [3.05, 3.63) is 70.8 Å². The highest BCUT2D eigenvalue weighted by Gasteiger charge is 2.46. The molecular weight excluding hydrogens is 395 g/mol. The Balaban J connectivity index is 1.91. The van der Waals surface area contributed by atoms with E-state index in [1.165, 1.54) is 18.2 Å². The van der Waals surface area contributed by atoms with E-state index in [1.807, 2.05) is 0 Å². The largest absolute Gasteiger partial charge is 0.478 e. The van der Waals surface area contributed by atoms with Crippen molar-refractivity contribution in [3.63, 3.8) is 0 Å². The lowest BCUT2D eigenvalue weighted by Crippen LogP contribution is -2.32. The number of nitrogens with one attached hydrogen (secondary N) is 1. The number of benzene rings is 2. The van der Waals surface area contributed by atoms with E-state index < -0.39 is 40.1 Å². The second-order valence-corrected chi connectivity index (χ2v) is 8.14. The fraction of sp³-hybridized carbons (Fsp3) is 0.211. The molecule has 0 aromatic heterocycles. The van der Waals surface area contributed by atoms with Crippen LogP contribution in [0.2, 0.25) is 0 Å². The summed E-state index contributed by atoms with van der Waals surface area (Å²) in [7, 11) is -3.92. The molecular formula is C19H16F3NO4S. The molecule has 0 fully saturated rings. The van der Waals surface area contributed by atoms with E-state index in [4.69, 9.17) is 5.11 Å². The summed E-state index contributed by atoms with van der Waals surface area (Å²) >= 11 is 0. The molecule has 0 saturated heterocycles. The van der Waals surface area contributed by atoms with Crippen LogP contribution in [0.1, 0.15) is 16.7 Å². The molecule has 0 saturated carbocycles. The zero-order valence-corrected chi connectivity index (χ0v) is 15.2. The monoisotopic (exact) mass is 411 g/mol. The van der Waals surface area contributed by atoms with Crippen LogP contribution in [0, 0.1) is 5.92 Å². The minimum absolute atomic E-state index is 0.0482. The molecule has 0 amide bonds. The van der Waals surface area contributed by atoms with Crippen molar-refractivity contribution in [3.8, 4) is 0 Å².